The lowest BCUT2D eigenvalue weighted by atomic mass is 10.1. The molecule has 0 aliphatic carbocycles. The van der Waals surface area contributed by atoms with Crippen LogP contribution < -0.4 is 14.4 Å². The van der Waals surface area contributed by atoms with Gasteiger partial charge in [-0.15, -0.1) is 0 Å². The molecule has 0 fully saturated rings. The zero-order valence-corrected chi connectivity index (χ0v) is 23.6. The molecule has 0 saturated carbocycles. The molecular weight excluding hydrogens is 549 g/mol. The topological polar surface area (TPSA) is 96.0 Å². The van der Waals surface area contributed by atoms with Crippen LogP contribution in [0.3, 0.4) is 0 Å². The molecule has 2 amide bonds. The van der Waals surface area contributed by atoms with Crippen molar-refractivity contribution in [2.45, 2.75) is 31.3 Å². The van der Waals surface area contributed by atoms with Gasteiger partial charge in [0.25, 0.3) is 10.0 Å². The standard InChI is InChI=1S/C27H29Cl2N3O5S/c1-4-37-25-12-8-7-11-24(25)32(38(35,36)22-15-13-21(28)14-16-22)18-26(33)31(19(2)27(34)30-3)17-20-9-5-6-10-23(20)29/h5-16,19H,4,17-18H2,1-3H3,(H,30,34)/t19-/m0/s1. The molecule has 0 aromatic heterocycles. The van der Waals surface area contributed by atoms with E-state index < -0.39 is 34.4 Å². The highest BCUT2D eigenvalue weighted by Crippen LogP contribution is 2.33. The third-order valence-corrected chi connectivity index (χ3v) is 8.22. The Kier molecular flexibility index (Phi) is 10.0. The van der Waals surface area contributed by atoms with Crippen LogP contribution in [0.15, 0.2) is 77.7 Å². The molecule has 3 aromatic rings. The summed E-state index contributed by atoms with van der Waals surface area (Å²) in [6.07, 6.45) is 0. The summed E-state index contributed by atoms with van der Waals surface area (Å²) in [5.74, 6) is -0.727. The molecule has 3 aromatic carbocycles. The zero-order valence-electron chi connectivity index (χ0n) is 21.2. The van der Waals surface area contributed by atoms with E-state index in [0.29, 0.717) is 15.6 Å². The minimum atomic E-state index is -4.25. The molecule has 0 saturated heterocycles. The highest BCUT2D eigenvalue weighted by Gasteiger charge is 2.33. The number of amides is 2. The third kappa shape index (κ3) is 6.78. The van der Waals surface area contributed by atoms with Crippen molar-refractivity contribution in [2.75, 3.05) is 24.5 Å². The van der Waals surface area contributed by atoms with E-state index >= 15 is 0 Å². The van der Waals surface area contributed by atoms with Gasteiger partial charge in [0.1, 0.15) is 18.3 Å². The number of likely N-dealkylation sites (N-methyl/N-ethyl adjacent to an activating group) is 1. The number of sulfonamides is 1. The summed E-state index contributed by atoms with van der Waals surface area (Å²) in [5.41, 5.74) is 0.794. The lowest BCUT2D eigenvalue weighted by Gasteiger charge is -2.32. The normalized spacial score (nSPS) is 11.9. The van der Waals surface area contributed by atoms with Crippen molar-refractivity contribution in [3.8, 4) is 5.75 Å². The molecule has 0 radical (unpaired) electrons. The molecule has 1 N–H and O–H groups in total. The van der Waals surface area contributed by atoms with Gasteiger partial charge in [0.2, 0.25) is 11.8 Å². The summed E-state index contributed by atoms with van der Waals surface area (Å²) in [4.78, 5) is 27.7. The number of carbonyl (C=O) groups excluding carboxylic acids is 2. The van der Waals surface area contributed by atoms with Gasteiger partial charge >= 0.3 is 0 Å². The summed E-state index contributed by atoms with van der Waals surface area (Å²) in [7, 11) is -2.79. The number of hydrogen-bond acceptors (Lipinski definition) is 5. The van der Waals surface area contributed by atoms with Crippen molar-refractivity contribution in [3.63, 3.8) is 0 Å². The second kappa shape index (κ2) is 13.0. The molecule has 202 valence electrons. The van der Waals surface area contributed by atoms with Crippen LogP contribution in [0.2, 0.25) is 10.0 Å². The largest absolute Gasteiger partial charge is 0.492 e. The third-order valence-electron chi connectivity index (χ3n) is 5.83. The molecule has 0 aliphatic heterocycles. The van der Waals surface area contributed by atoms with Gasteiger partial charge in [-0.3, -0.25) is 13.9 Å². The molecule has 0 aliphatic rings. The molecule has 3 rings (SSSR count). The van der Waals surface area contributed by atoms with Gasteiger partial charge < -0.3 is 15.0 Å². The highest BCUT2D eigenvalue weighted by atomic mass is 35.5. The first-order chi connectivity index (χ1) is 18.1. The zero-order chi connectivity index (χ0) is 27.9. The molecule has 0 spiro atoms. The van der Waals surface area contributed by atoms with Crippen molar-refractivity contribution in [1.29, 1.82) is 0 Å². The molecule has 38 heavy (non-hydrogen) atoms. The second-order valence-corrected chi connectivity index (χ2v) is 11.0. The molecule has 0 unspecified atom stereocenters. The molecular formula is C27H29Cl2N3O5S. The Bertz CT molecular complexity index is 1380. The second-order valence-electron chi connectivity index (χ2n) is 8.27. The van der Waals surface area contributed by atoms with Gasteiger partial charge in [-0.05, 0) is 61.9 Å². The molecule has 8 nitrogen and oxygen atoms in total. The Hall–Kier alpha value is -3.27. The van der Waals surface area contributed by atoms with E-state index in [1.165, 1.54) is 36.2 Å². The van der Waals surface area contributed by atoms with Crippen LogP contribution in [0.1, 0.15) is 19.4 Å². The fourth-order valence-corrected chi connectivity index (χ4v) is 5.54. The number of nitrogens with one attached hydrogen (secondary N) is 1. The highest BCUT2D eigenvalue weighted by molar-refractivity contribution is 7.92. The molecule has 0 bridgehead atoms. The quantitative estimate of drug-likeness (QED) is 0.354. The minimum Gasteiger partial charge on any atom is -0.492 e. The molecule has 11 heteroatoms. The summed E-state index contributed by atoms with van der Waals surface area (Å²) in [6, 6.07) is 18.2. The predicted octanol–water partition coefficient (Wildman–Crippen LogP) is 4.75. The van der Waals surface area contributed by atoms with Crippen molar-refractivity contribution < 1.29 is 22.7 Å². The van der Waals surface area contributed by atoms with Crippen LogP contribution in [0, 0.1) is 0 Å². The van der Waals surface area contributed by atoms with Gasteiger partial charge in [-0.1, -0.05) is 53.5 Å². The Balaban J connectivity index is 2.10. The fourth-order valence-electron chi connectivity index (χ4n) is 3.79. The number of ether oxygens (including phenoxy) is 1. The first-order valence-electron chi connectivity index (χ1n) is 11.8. The monoisotopic (exact) mass is 577 g/mol. The van der Waals surface area contributed by atoms with Gasteiger partial charge in [-0.2, -0.15) is 0 Å². The molecule has 1 atom stereocenters. The van der Waals surface area contributed by atoms with Crippen molar-refractivity contribution in [1.82, 2.24) is 10.2 Å². The number of para-hydroxylation sites is 2. The van der Waals surface area contributed by atoms with E-state index in [2.05, 4.69) is 5.32 Å². The number of benzene rings is 3. The number of hydrogen-bond donors (Lipinski definition) is 1. The Morgan fingerprint density at radius 1 is 0.974 bits per heavy atom. The van der Waals surface area contributed by atoms with Gasteiger partial charge in [0.15, 0.2) is 0 Å². The van der Waals surface area contributed by atoms with Gasteiger partial charge in [-0.25, -0.2) is 8.42 Å². The summed E-state index contributed by atoms with van der Waals surface area (Å²) >= 11 is 12.3. The first-order valence-corrected chi connectivity index (χ1v) is 14.0. The number of rotatable bonds is 11. The van der Waals surface area contributed by atoms with E-state index in [4.69, 9.17) is 27.9 Å². The van der Waals surface area contributed by atoms with Gasteiger partial charge in [0.05, 0.1) is 17.2 Å². The number of carbonyl (C=O) groups is 2. The smallest absolute Gasteiger partial charge is 0.264 e. The van der Waals surface area contributed by atoms with E-state index in [9.17, 15) is 18.0 Å². The first kappa shape index (κ1) is 29.3. The Labute approximate surface area is 233 Å². The van der Waals surface area contributed by atoms with Gasteiger partial charge in [0, 0.05) is 23.6 Å². The van der Waals surface area contributed by atoms with Crippen LogP contribution in [-0.4, -0.2) is 51.4 Å². The van der Waals surface area contributed by atoms with E-state index in [-0.39, 0.29) is 29.5 Å². The summed E-state index contributed by atoms with van der Waals surface area (Å²) < 4.78 is 34.5. The SMILES string of the molecule is CCOc1ccccc1N(CC(=O)N(Cc1ccccc1Cl)[C@@H](C)C(=O)NC)S(=O)(=O)c1ccc(Cl)cc1. The van der Waals surface area contributed by atoms with E-state index in [1.54, 1.807) is 62.4 Å². The predicted molar refractivity (Wildman–Crippen MR) is 149 cm³/mol. The van der Waals surface area contributed by atoms with Crippen LogP contribution in [0.25, 0.3) is 0 Å². The average Bonchev–Trinajstić information content (AvgIpc) is 2.91. The van der Waals surface area contributed by atoms with Crippen LogP contribution in [0.4, 0.5) is 5.69 Å². The van der Waals surface area contributed by atoms with Crippen molar-refractivity contribution >= 4 is 50.7 Å². The maximum absolute atomic E-state index is 13.9. The van der Waals surface area contributed by atoms with Crippen LogP contribution in [0.5, 0.6) is 5.75 Å². The Morgan fingerprint density at radius 2 is 1.61 bits per heavy atom. The van der Waals surface area contributed by atoms with Crippen molar-refractivity contribution in [3.05, 3.63) is 88.4 Å². The van der Waals surface area contributed by atoms with E-state index in [0.717, 1.165) is 4.31 Å². The molecule has 0 heterocycles. The Morgan fingerprint density at radius 3 is 2.24 bits per heavy atom. The summed E-state index contributed by atoms with van der Waals surface area (Å²) in [6.45, 7) is 3.03. The number of anilines is 1. The average molecular weight is 579 g/mol. The maximum Gasteiger partial charge on any atom is 0.264 e. The lowest BCUT2D eigenvalue weighted by Crippen LogP contribution is -2.50. The summed E-state index contributed by atoms with van der Waals surface area (Å²) in [5, 5.41) is 3.33. The lowest BCUT2D eigenvalue weighted by molar-refractivity contribution is -0.139. The van der Waals surface area contributed by atoms with Crippen LogP contribution >= 0.6 is 23.2 Å². The van der Waals surface area contributed by atoms with Crippen LogP contribution in [-0.2, 0) is 26.2 Å². The van der Waals surface area contributed by atoms with E-state index in [1.807, 2.05) is 0 Å². The van der Waals surface area contributed by atoms with Crippen molar-refractivity contribution in [2.24, 2.45) is 0 Å². The minimum absolute atomic E-state index is 0.00493. The number of halogens is 2. The number of nitrogens with zero attached hydrogens (tertiary/aromatic N) is 2. The fraction of sp³-hybridized carbons (Fsp3) is 0.259. The maximum atomic E-state index is 13.9.